The molecule has 1 N–H and O–H groups in total. The van der Waals surface area contributed by atoms with Crippen LogP contribution in [0, 0.1) is 0 Å². The van der Waals surface area contributed by atoms with Gasteiger partial charge >= 0.3 is 6.01 Å². The summed E-state index contributed by atoms with van der Waals surface area (Å²) in [6.45, 7) is 0. The molecule has 3 aromatic heterocycles. The smallest absolute Gasteiger partial charge is 0.322 e. The molecule has 4 aromatic rings. The highest BCUT2D eigenvalue weighted by atomic mass is 35.5. The Balaban J connectivity index is 1.56. The number of hydrogen-bond acceptors (Lipinski definition) is 7. The number of anilines is 1. The van der Waals surface area contributed by atoms with Crippen LogP contribution in [-0.2, 0) is 0 Å². The molecular formula is C15H8ClN5O2S. The maximum atomic E-state index is 12.2. The average Bonchev–Trinajstić information content (AvgIpc) is 3.23. The minimum absolute atomic E-state index is 0.0190. The van der Waals surface area contributed by atoms with E-state index in [1.165, 1.54) is 17.5 Å². The molecule has 0 aliphatic carbocycles. The zero-order valence-electron chi connectivity index (χ0n) is 11.9. The number of benzene rings is 1. The monoisotopic (exact) mass is 357 g/mol. The van der Waals surface area contributed by atoms with Crippen molar-refractivity contribution in [3.05, 3.63) is 52.6 Å². The molecule has 0 saturated carbocycles. The van der Waals surface area contributed by atoms with Gasteiger partial charge in [0.1, 0.15) is 5.69 Å². The van der Waals surface area contributed by atoms with Gasteiger partial charge in [0.2, 0.25) is 0 Å². The summed E-state index contributed by atoms with van der Waals surface area (Å²) in [5.74, 6) is -0.195. The van der Waals surface area contributed by atoms with Gasteiger partial charge in [-0.3, -0.25) is 15.1 Å². The number of thiophene rings is 1. The summed E-state index contributed by atoms with van der Waals surface area (Å²) >= 11 is 7.18. The van der Waals surface area contributed by atoms with E-state index >= 15 is 0 Å². The van der Waals surface area contributed by atoms with E-state index in [9.17, 15) is 4.79 Å². The summed E-state index contributed by atoms with van der Waals surface area (Å²) in [7, 11) is 0. The second kappa shape index (κ2) is 5.99. The summed E-state index contributed by atoms with van der Waals surface area (Å²) in [5.41, 5.74) is 1.50. The third-order valence-corrected chi connectivity index (χ3v) is 4.33. The highest BCUT2D eigenvalue weighted by Crippen LogP contribution is 2.30. The molecule has 0 radical (unpaired) electrons. The van der Waals surface area contributed by atoms with Crippen molar-refractivity contribution in [1.82, 2.24) is 20.2 Å². The van der Waals surface area contributed by atoms with Crippen molar-refractivity contribution in [2.24, 2.45) is 0 Å². The SMILES string of the molecule is O=C(Nc1nnc(-c2ccc(Cl)s2)o1)c1cnc2ccccc2n1. The van der Waals surface area contributed by atoms with E-state index in [4.69, 9.17) is 16.0 Å². The van der Waals surface area contributed by atoms with Crippen LogP contribution in [0.1, 0.15) is 10.5 Å². The predicted octanol–water partition coefficient (Wildman–Crippen LogP) is 3.65. The van der Waals surface area contributed by atoms with Crippen molar-refractivity contribution >= 4 is 45.9 Å². The minimum atomic E-state index is -0.479. The molecule has 1 amide bonds. The van der Waals surface area contributed by atoms with Crippen LogP contribution in [0.25, 0.3) is 21.8 Å². The number of halogens is 1. The fourth-order valence-electron chi connectivity index (χ4n) is 2.03. The van der Waals surface area contributed by atoms with Gasteiger partial charge in [-0.25, -0.2) is 4.98 Å². The van der Waals surface area contributed by atoms with Crippen LogP contribution in [0.3, 0.4) is 0 Å². The molecule has 1 aromatic carbocycles. The molecule has 0 saturated heterocycles. The van der Waals surface area contributed by atoms with Gasteiger partial charge in [0.05, 0.1) is 26.4 Å². The topological polar surface area (TPSA) is 93.8 Å². The van der Waals surface area contributed by atoms with Crippen molar-refractivity contribution in [3.8, 4) is 10.8 Å². The molecule has 0 spiro atoms. The highest BCUT2D eigenvalue weighted by Gasteiger charge is 2.15. The number of nitrogens with zero attached hydrogens (tertiary/aromatic N) is 4. The number of carbonyl (C=O) groups excluding carboxylic acids is 1. The Morgan fingerprint density at radius 3 is 2.75 bits per heavy atom. The lowest BCUT2D eigenvalue weighted by molar-refractivity contribution is 0.101. The summed E-state index contributed by atoms with van der Waals surface area (Å²) < 4.78 is 6.02. The van der Waals surface area contributed by atoms with Gasteiger partial charge in [0.25, 0.3) is 11.8 Å². The quantitative estimate of drug-likeness (QED) is 0.601. The molecule has 0 bridgehead atoms. The number of rotatable bonds is 3. The largest absolute Gasteiger partial charge is 0.402 e. The molecule has 7 nitrogen and oxygen atoms in total. The molecule has 0 aliphatic heterocycles. The van der Waals surface area contributed by atoms with E-state index in [1.54, 1.807) is 18.2 Å². The van der Waals surface area contributed by atoms with Gasteiger partial charge < -0.3 is 4.42 Å². The molecule has 24 heavy (non-hydrogen) atoms. The first-order chi connectivity index (χ1) is 11.7. The van der Waals surface area contributed by atoms with E-state index in [1.807, 2.05) is 18.2 Å². The lowest BCUT2D eigenvalue weighted by atomic mass is 10.3. The van der Waals surface area contributed by atoms with Crippen LogP contribution < -0.4 is 5.32 Å². The van der Waals surface area contributed by atoms with Crippen molar-refractivity contribution in [1.29, 1.82) is 0 Å². The summed E-state index contributed by atoms with van der Waals surface area (Å²) in [6.07, 6.45) is 1.40. The number of para-hydroxylation sites is 2. The second-order valence-electron chi connectivity index (χ2n) is 4.71. The van der Waals surface area contributed by atoms with Crippen molar-refractivity contribution in [2.45, 2.75) is 0 Å². The maximum Gasteiger partial charge on any atom is 0.322 e. The molecule has 4 rings (SSSR count). The third kappa shape index (κ3) is 2.84. The van der Waals surface area contributed by atoms with Gasteiger partial charge in [-0.2, -0.15) is 0 Å². The Morgan fingerprint density at radius 1 is 1.12 bits per heavy atom. The van der Waals surface area contributed by atoms with Crippen LogP contribution in [0.15, 0.2) is 47.0 Å². The number of aromatic nitrogens is 4. The minimum Gasteiger partial charge on any atom is -0.402 e. The fourth-order valence-corrected chi connectivity index (χ4v) is 2.99. The molecule has 0 unspecified atom stereocenters. The fraction of sp³-hybridized carbons (Fsp3) is 0. The zero-order valence-corrected chi connectivity index (χ0v) is 13.5. The number of amides is 1. The van der Waals surface area contributed by atoms with E-state index < -0.39 is 5.91 Å². The molecule has 9 heteroatoms. The average molecular weight is 358 g/mol. The molecular weight excluding hydrogens is 350 g/mol. The maximum absolute atomic E-state index is 12.2. The van der Waals surface area contributed by atoms with Crippen LogP contribution in [0.4, 0.5) is 6.01 Å². The van der Waals surface area contributed by atoms with Gasteiger partial charge in [-0.15, -0.1) is 16.4 Å². The van der Waals surface area contributed by atoms with Crippen molar-refractivity contribution in [2.75, 3.05) is 5.32 Å². The standard InChI is InChI=1S/C15H8ClN5O2S/c16-12-6-5-11(24-12)14-20-21-15(23-14)19-13(22)10-7-17-8-3-1-2-4-9(8)18-10/h1-7H,(H,19,21,22). The van der Waals surface area contributed by atoms with Gasteiger partial charge in [0, 0.05) is 0 Å². The number of carbonyl (C=O) groups is 1. The van der Waals surface area contributed by atoms with Crippen LogP contribution in [-0.4, -0.2) is 26.1 Å². The third-order valence-electron chi connectivity index (χ3n) is 3.11. The Kier molecular flexibility index (Phi) is 3.68. The van der Waals surface area contributed by atoms with E-state index in [0.29, 0.717) is 15.4 Å². The Hall–Kier alpha value is -2.84. The zero-order chi connectivity index (χ0) is 16.5. The van der Waals surface area contributed by atoms with Crippen molar-refractivity contribution in [3.63, 3.8) is 0 Å². The summed E-state index contributed by atoms with van der Waals surface area (Å²) in [6, 6.07) is 10.8. The molecule has 0 fully saturated rings. The number of hydrogen-bond donors (Lipinski definition) is 1. The lowest BCUT2D eigenvalue weighted by Gasteiger charge is -2.01. The summed E-state index contributed by atoms with van der Waals surface area (Å²) in [5, 5.41) is 10.2. The normalized spacial score (nSPS) is 10.9. The van der Waals surface area contributed by atoms with E-state index in [2.05, 4.69) is 25.5 Å². The Morgan fingerprint density at radius 2 is 1.96 bits per heavy atom. The predicted molar refractivity (Wildman–Crippen MR) is 90.1 cm³/mol. The van der Waals surface area contributed by atoms with Crippen LogP contribution in [0.5, 0.6) is 0 Å². The second-order valence-corrected chi connectivity index (χ2v) is 6.43. The number of nitrogens with one attached hydrogen (secondary N) is 1. The van der Waals surface area contributed by atoms with Gasteiger partial charge in [0.15, 0.2) is 0 Å². The number of fused-ring (bicyclic) bond motifs is 1. The van der Waals surface area contributed by atoms with Gasteiger partial charge in [-0.05, 0) is 24.3 Å². The summed E-state index contributed by atoms with van der Waals surface area (Å²) in [4.78, 5) is 21.4. The Bertz CT molecular complexity index is 1040. The lowest BCUT2D eigenvalue weighted by Crippen LogP contribution is -2.14. The van der Waals surface area contributed by atoms with E-state index in [0.717, 1.165) is 4.88 Å². The highest BCUT2D eigenvalue weighted by molar-refractivity contribution is 7.19. The van der Waals surface area contributed by atoms with Crippen LogP contribution in [0.2, 0.25) is 4.34 Å². The molecule has 0 aliphatic rings. The molecule has 0 atom stereocenters. The molecule has 3 heterocycles. The van der Waals surface area contributed by atoms with E-state index in [-0.39, 0.29) is 17.6 Å². The van der Waals surface area contributed by atoms with Crippen molar-refractivity contribution < 1.29 is 9.21 Å². The first-order valence-corrected chi connectivity index (χ1v) is 8.01. The Labute approximate surface area is 144 Å². The van der Waals surface area contributed by atoms with Gasteiger partial charge in [-0.1, -0.05) is 28.8 Å². The first kappa shape index (κ1) is 14.7. The molecule has 118 valence electrons. The van der Waals surface area contributed by atoms with Crippen LogP contribution >= 0.6 is 22.9 Å². The first-order valence-electron chi connectivity index (χ1n) is 6.81.